The average Bonchev–Trinajstić information content (AvgIpc) is 3.32. The molecule has 1 fully saturated rings. The quantitative estimate of drug-likeness (QED) is 0.792. The number of nitrogens with one attached hydrogen (secondary N) is 3. The van der Waals surface area contributed by atoms with Crippen molar-refractivity contribution in [3.8, 4) is 0 Å². The van der Waals surface area contributed by atoms with Gasteiger partial charge in [-0.2, -0.15) is 0 Å². The number of anilines is 2. The van der Waals surface area contributed by atoms with Crippen LogP contribution in [-0.4, -0.2) is 22.3 Å². The van der Waals surface area contributed by atoms with Gasteiger partial charge in [-0.25, -0.2) is 4.79 Å². The summed E-state index contributed by atoms with van der Waals surface area (Å²) in [5.41, 5.74) is 0.983. The summed E-state index contributed by atoms with van der Waals surface area (Å²) in [5.74, 6) is 1.04. The molecule has 2 aromatic rings. The maximum absolute atomic E-state index is 11.6. The fourth-order valence-corrected chi connectivity index (χ4v) is 2.09. The van der Waals surface area contributed by atoms with Crippen LogP contribution in [0, 0.1) is 0 Å². The van der Waals surface area contributed by atoms with Crippen molar-refractivity contribution < 1.29 is 4.79 Å². The van der Waals surface area contributed by atoms with Gasteiger partial charge in [0.05, 0.1) is 0 Å². The zero-order chi connectivity index (χ0) is 15.4. The smallest absolute Gasteiger partial charge is 0.320 e. The van der Waals surface area contributed by atoms with Crippen LogP contribution in [-0.2, 0) is 6.54 Å². The van der Waals surface area contributed by atoms with Crippen LogP contribution >= 0.6 is 11.6 Å². The second kappa shape index (κ2) is 6.62. The van der Waals surface area contributed by atoms with Crippen molar-refractivity contribution in [2.24, 2.45) is 0 Å². The Hall–Kier alpha value is -2.34. The van der Waals surface area contributed by atoms with E-state index >= 15 is 0 Å². The van der Waals surface area contributed by atoms with Gasteiger partial charge in [0, 0.05) is 17.6 Å². The first-order chi connectivity index (χ1) is 10.7. The fourth-order valence-electron chi connectivity index (χ4n) is 1.89. The lowest BCUT2D eigenvalue weighted by atomic mass is 10.2. The molecule has 1 aliphatic rings. The Morgan fingerprint density at radius 1 is 1.14 bits per heavy atom. The van der Waals surface area contributed by atoms with Gasteiger partial charge in [-0.15, -0.1) is 10.2 Å². The van der Waals surface area contributed by atoms with E-state index in [4.69, 9.17) is 11.6 Å². The second-order valence-electron chi connectivity index (χ2n) is 5.12. The van der Waals surface area contributed by atoms with Gasteiger partial charge in [-0.3, -0.25) is 5.32 Å². The second-order valence-corrected chi connectivity index (χ2v) is 5.53. The topological polar surface area (TPSA) is 78.9 Å². The van der Waals surface area contributed by atoms with Crippen molar-refractivity contribution in [1.82, 2.24) is 15.5 Å². The molecule has 6 nitrogen and oxygen atoms in total. The normalized spacial score (nSPS) is 13.5. The number of amides is 2. The van der Waals surface area contributed by atoms with Crippen LogP contribution in [0.3, 0.4) is 0 Å². The Kier molecular flexibility index (Phi) is 4.39. The van der Waals surface area contributed by atoms with Crippen LogP contribution in [0.1, 0.15) is 18.4 Å². The first-order valence-electron chi connectivity index (χ1n) is 7.09. The van der Waals surface area contributed by atoms with Gasteiger partial charge in [0.25, 0.3) is 0 Å². The molecule has 2 amide bonds. The lowest BCUT2D eigenvalue weighted by Gasteiger charge is -2.08. The number of aromatic nitrogens is 2. The zero-order valence-electron chi connectivity index (χ0n) is 11.8. The Labute approximate surface area is 133 Å². The van der Waals surface area contributed by atoms with Crippen LogP contribution in [0.2, 0.25) is 5.02 Å². The molecule has 114 valence electrons. The number of rotatable bonds is 5. The third-order valence-electron chi connectivity index (χ3n) is 3.24. The summed E-state index contributed by atoms with van der Waals surface area (Å²) in [6, 6.07) is 11.1. The Morgan fingerprint density at radius 3 is 2.55 bits per heavy atom. The van der Waals surface area contributed by atoms with E-state index in [1.54, 1.807) is 12.1 Å². The standard InChI is InChI=1S/C15H16ClN5O/c16-12-4-2-1-3-10(12)9-17-13-7-8-14(21-20-13)19-15(22)18-11-5-6-11/h1-4,7-8,11H,5-6,9H2,(H,17,20)(H2,18,19,21,22). The lowest BCUT2D eigenvalue weighted by Crippen LogP contribution is -2.30. The van der Waals surface area contributed by atoms with Crippen molar-refractivity contribution in [2.75, 3.05) is 10.6 Å². The summed E-state index contributed by atoms with van der Waals surface area (Å²) in [6.45, 7) is 0.559. The number of hydrogen-bond donors (Lipinski definition) is 3. The number of hydrogen-bond acceptors (Lipinski definition) is 4. The van der Waals surface area contributed by atoms with Crippen molar-refractivity contribution in [3.63, 3.8) is 0 Å². The molecule has 0 radical (unpaired) electrons. The number of carbonyl (C=O) groups is 1. The van der Waals surface area contributed by atoms with Gasteiger partial charge in [0.15, 0.2) is 5.82 Å². The Morgan fingerprint density at radius 2 is 1.86 bits per heavy atom. The third-order valence-corrected chi connectivity index (χ3v) is 3.61. The molecule has 3 rings (SSSR count). The Balaban J connectivity index is 1.52. The molecule has 1 aromatic carbocycles. The van der Waals surface area contributed by atoms with Gasteiger partial charge in [0.1, 0.15) is 5.82 Å². The van der Waals surface area contributed by atoms with E-state index in [0.717, 1.165) is 18.4 Å². The first kappa shape index (κ1) is 14.6. The third kappa shape index (κ3) is 4.08. The largest absolute Gasteiger partial charge is 0.364 e. The molecular weight excluding hydrogens is 302 g/mol. The van der Waals surface area contributed by atoms with E-state index in [1.807, 2.05) is 24.3 Å². The summed E-state index contributed by atoms with van der Waals surface area (Å²) in [5, 5.41) is 17.3. The van der Waals surface area contributed by atoms with Gasteiger partial charge >= 0.3 is 6.03 Å². The van der Waals surface area contributed by atoms with Crippen molar-refractivity contribution >= 4 is 29.3 Å². The maximum Gasteiger partial charge on any atom is 0.320 e. The molecule has 1 saturated carbocycles. The van der Waals surface area contributed by atoms with Gasteiger partial charge < -0.3 is 10.6 Å². The molecule has 0 unspecified atom stereocenters. The number of nitrogens with zero attached hydrogens (tertiary/aromatic N) is 2. The van der Waals surface area contributed by atoms with E-state index < -0.39 is 0 Å². The van der Waals surface area contributed by atoms with Crippen molar-refractivity contribution in [1.29, 1.82) is 0 Å². The lowest BCUT2D eigenvalue weighted by molar-refractivity contribution is 0.251. The Bertz CT molecular complexity index is 657. The highest BCUT2D eigenvalue weighted by molar-refractivity contribution is 6.31. The highest BCUT2D eigenvalue weighted by Crippen LogP contribution is 2.19. The van der Waals surface area contributed by atoms with Gasteiger partial charge in [0.2, 0.25) is 0 Å². The summed E-state index contributed by atoms with van der Waals surface area (Å²) >= 11 is 6.09. The number of benzene rings is 1. The summed E-state index contributed by atoms with van der Waals surface area (Å²) < 4.78 is 0. The minimum atomic E-state index is -0.242. The van der Waals surface area contributed by atoms with E-state index in [-0.39, 0.29) is 6.03 Å². The molecule has 3 N–H and O–H groups in total. The number of carbonyl (C=O) groups excluding carboxylic acids is 1. The van der Waals surface area contributed by atoms with Crippen molar-refractivity contribution in [3.05, 3.63) is 47.0 Å². The van der Waals surface area contributed by atoms with Crippen molar-refractivity contribution in [2.45, 2.75) is 25.4 Å². The summed E-state index contributed by atoms with van der Waals surface area (Å²) in [6.07, 6.45) is 2.09. The number of urea groups is 1. The van der Waals surface area contributed by atoms with Gasteiger partial charge in [-0.1, -0.05) is 29.8 Å². The predicted octanol–water partition coefficient (Wildman–Crippen LogP) is 3.03. The van der Waals surface area contributed by atoms with E-state index in [2.05, 4.69) is 26.1 Å². The number of halogens is 1. The van der Waals surface area contributed by atoms with E-state index in [1.165, 1.54) is 0 Å². The molecule has 1 heterocycles. The summed E-state index contributed by atoms with van der Waals surface area (Å²) in [4.78, 5) is 11.6. The molecule has 0 atom stereocenters. The fraction of sp³-hybridized carbons (Fsp3) is 0.267. The highest BCUT2D eigenvalue weighted by atomic mass is 35.5. The molecule has 0 aliphatic heterocycles. The van der Waals surface area contributed by atoms with Crippen LogP contribution < -0.4 is 16.0 Å². The van der Waals surface area contributed by atoms with Crippen LogP contribution in [0.4, 0.5) is 16.4 Å². The van der Waals surface area contributed by atoms with Crippen LogP contribution in [0.25, 0.3) is 0 Å². The SMILES string of the molecule is O=C(Nc1ccc(NCc2ccccc2Cl)nn1)NC1CC1. The monoisotopic (exact) mass is 317 g/mol. The first-order valence-corrected chi connectivity index (χ1v) is 7.47. The van der Waals surface area contributed by atoms with Crippen LogP contribution in [0.15, 0.2) is 36.4 Å². The summed E-state index contributed by atoms with van der Waals surface area (Å²) in [7, 11) is 0. The molecular formula is C15H16ClN5O. The molecule has 1 aliphatic carbocycles. The molecule has 0 spiro atoms. The average molecular weight is 318 g/mol. The molecule has 0 saturated heterocycles. The van der Waals surface area contributed by atoms with E-state index in [0.29, 0.717) is 29.2 Å². The molecule has 0 bridgehead atoms. The van der Waals surface area contributed by atoms with Gasteiger partial charge in [-0.05, 0) is 36.6 Å². The minimum Gasteiger partial charge on any atom is -0.364 e. The molecule has 22 heavy (non-hydrogen) atoms. The predicted molar refractivity (Wildman–Crippen MR) is 86.0 cm³/mol. The molecule has 7 heteroatoms. The minimum absolute atomic E-state index is 0.242. The zero-order valence-corrected chi connectivity index (χ0v) is 12.6. The maximum atomic E-state index is 11.6. The van der Waals surface area contributed by atoms with Crippen LogP contribution in [0.5, 0.6) is 0 Å². The van der Waals surface area contributed by atoms with E-state index in [9.17, 15) is 4.79 Å². The highest BCUT2D eigenvalue weighted by Gasteiger charge is 2.23. The molecule has 1 aromatic heterocycles.